The summed E-state index contributed by atoms with van der Waals surface area (Å²) in [7, 11) is 3.58. The summed E-state index contributed by atoms with van der Waals surface area (Å²) in [5.41, 5.74) is 1.36. The fourth-order valence-corrected chi connectivity index (χ4v) is 3.60. The van der Waals surface area contributed by atoms with Gasteiger partial charge in [0.1, 0.15) is 11.9 Å². The van der Waals surface area contributed by atoms with Crippen LogP contribution in [-0.2, 0) is 9.47 Å². The molecular weight excluding hydrogens is 333 g/mol. The number of nitrogens with one attached hydrogen (secondary N) is 1. The highest BCUT2D eigenvalue weighted by Gasteiger charge is 2.42. The fourth-order valence-electron chi connectivity index (χ4n) is 3.60. The molecule has 0 amide bonds. The highest BCUT2D eigenvalue weighted by atomic mass is 19.1. The quantitative estimate of drug-likeness (QED) is 0.623. The molecule has 1 aliphatic carbocycles. The van der Waals surface area contributed by atoms with Gasteiger partial charge in [-0.05, 0) is 49.3 Å². The fraction of sp³-hybridized carbons (Fsp3) is 0.650. The van der Waals surface area contributed by atoms with Gasteiger partial charge in [0.05, 0.1) is 12.6 Å². The van der Waals surface area contributed by atoms with E-state index >= 15 is 0 Å². The first-order valence-corrected chi connectivity index (χ1v) is 9.41. The van der Waals surface area contributed by atoms with Crippen molar-refractivity contribution < 1.29 is 13.9 Å². The van der Waals surface area contributed by atoms with Crippen LogP contribution in [0.25, 0.3) is 0 Å². The van der Waals surface area contributed by atoms with Crippen LogP contribution in [-0.4, -0.2) is 57.4 Å². The van der Waals surface area contributed by atoms with Gasteiger partial charge in [0.15, 0.2) is 5.96 Å². The molecule has 1 aromatic rings. The number of rotatable bonds is 6. The molecule has 2 unspecified atom stereocenters. The zero-order chi connectivity index (χ0) is 18.6. The topological polar surface area (TPSA) is 46.1 Å². The molecule has 2 aliphatic rings. The van der Waals surface area contributed by atoms with E-state index in [9.17, 15) is 4.39 Å². The summed E-state index contributed by atoms with van der Waals surface area (Å²) in [6.07, 6.45) is 3.59. The Bertz CT molecular complexity index is 616. The zero-order valence-corrected chi connectivity index (χ0v) is 16.0. The van der Waals surface area contributed by atoms with Crippen molar-refractivity contribution in [1.82, 2.24) is 10.2 Å². The van der Waals surface area contributed by atoms with Crippen molar-refractivity contribution >= 4 is 5.96 Å². The number of aliphatic imine (C=N–C) groups is 1. The SMILES string of the molecule is CN=C(NCC1(CCOC)CC1)N1CC(C)OC(c2ccc(F)cc2)C1. The van der Waals surface area contributed by atoms with E-state index < -0.39 is 0 Å². The molecular formula is C20H30FN3O2. The molecule has 5 nitrogen and oxygen atoms in total. The van der Waals surface area contributed by atoms with Crippen molar-refractivity contribution in [3.05, 3.63) is 35.6 Å². The van der Waals surface area contributed by atoms with E-state index in [2.05, 4.69) is 22.1 Å². The van der Waals surface area contributed by atoms with Crippen LogP contribution in [0.4, 0.5) is 4.39 Å². The predicted octanol–water partition coefficient (Wildman–Crippen LogP) is 2.98. The van der Waals surface area contributed by atoms with Gasteiger partial charge in [0.25, 0.3) is 0 Å². The lowest BCUT2D eigenvalue weighted by molar-refractivity contribution is -0.0605. The Morgan fingerprint density at radius 2 is 2.08 bits per heavy atom. The van der Waals surface area contributed by atoms with Gasteiger partial charge in [-0.25, -0.2) is 4.39 Å². The highest BCUT2D eigenvalue weighted by molar-refractivity contribution is 5.80. The van der Waals surface area contributed by atoms with Gasteiger partial charge in [0.2, 0.25) is 0 Å². The van der Waals surface area contributed by atoms with Crippen molar-refractivity contribution in [3.8, 4) is 0 Å². The number of hydrogen-bond acceptors (Lipinski definition) is 3. The summed E-state index contributed by atoms with van der Waals surface area (Å²) in [6.45, 7) is 5.30. The van der Waals surface area contributed by atoms with Crippen molar-refractivity contribution in [2.75, 3.05) is 40.4 Å². The maximum Gasteiger partial charge on any atom is 0.193 e. The molecule has 1 heterocycles. The van der Waals surface area contributed by atoms with Crippen molar-refractivity contribution in [1.29, 1.82) is 0 Å². The van der Waals surface area contributed by atoms with Gasteiger partial charge < -0.3 is 19.7 Å². The molecule has 0 aromatic heterocycles. The molecule has 0 spiro atoms. The Balaban J connectivity index is 1.61. The second-order valence-corrected chi connectivity index (χ2v) is 7.54. The summed E-state index contributed by atoms with van der Waals surface area (Å²) in [4.78, 5) is 6.73. The maximum absolute atomic E-state index is 13.2. The second-order valence-electron chi connectivity index (χ2n) is 7.54. The third-order valence-corrected chi connectivity index (χ3v) is 5.43. The van der Waals surface area contributed by atoms with Gasteiger partial charge >= 0.3 is 0 Å². The van der Waals surface area contributed by atoms with Crippen molar-refractivity contribution in [3.63, 3.8) is 0 Å². The van der Waals surface area contributed by atoms with Crippen molar-refractivity contribution in [2.24, 2.45) is 10.4 Å². The normalized spacial score (nSPS) is 25.2. The largest absolute Gasteiger partial charge is 0.385 e. The Hall–Kier alpha value is -1.66. The van der Waals surface area contributed by atoms with E-state index in [0.717, 1.165) is 37.6 Å². The molecule has 1 saturated carbocycles. The van der Waals surface area contributed by atoms with E-state index in [1.165, 1.54) is 25.0 Å². The van der Waals surface area contributed by atoms with Crippen LogP contribution in [0.2, 0.25) is 0 Å². The van der Waals surface area contributed by atoms with E-state index in [4.69, 9.17) is 9.47 Å². The number of hydrogen-bond donors (Lipinski definition) is 1. The first-order chi connectivity index (χ1) is 12.5. The van der Waals surface area contributed by atoms with Gasteiger partial charge in [-0.2, -0.15) is 0 Å². The van der Waals surface area contributed by atoms with Gasteiger partial charge in [-0.3, -0.25) is 4.99 Å². The average molecular weight is 363 g/mol. The van der Waals surface area contributed by atoms with Gasteiger partial charge in [-0.15, -0.1) is 0 Å². The highest BCUT2D eigenvalue weighted by Crippen LogP contribution is 2.48. The number of ether oxygens (including phenoxy) is 2. The lowest BCUT2D eigenvalue weighted by Crippen LogP contribution is -2.51. The monoisotopic (exact) mass is 363 g/mol. The predicted molar refractivity (Wildman–Crippen MR) is 101 cm³/mol. The number of halogens is 1. The van der Waals surface area contributed by atoms with E-state index in [1.807, 2.05) is 7.05 Å². The molecule has 26 heavy (non-hydrogen) atoms. The molecule has 144 valence electrons. The van der Waals surface area contributed by atoms with Crippen LogP contribution >= 0.6 is 0 Å². The van der Waals surface area contributed by atoms with Crippen LogP contribution in [0.1, 0.15) is 37.9 Å². The number of methoxy groups -OCH3 is 1. The summed E-state index contributed by atoms with van der Waals surface area (Å²) in [6, 6.07) is 6.58. The number of morpholine rings is 1. The Morgan fingerprint density at radius 3 is 2.69 bits per heavy atom. The molecule has 1 N–H and O–H groups in total. The lowest BCUT2D eigenvalue weighted by Gasteiger charge is -2.39. The molecule has 2 atom stereocenters. The van der Waals surface area contributed by atoms with Crippen LogP contribution < -0.4 is 5.32 Å². The molecule has 1 aromatic carbocycles. The smallest absolute Gasteiger partial charge is 0.193 e. The third kappa shape index (κ3) is 4.74. The first kappa shape index (κ1) is 19.1. The maximum atomic E-state index is 13.2. The average Bonchev–Trinajstić information content (AvgIpc) is 3.41. The Kier molecular flexibility index (Phi) is 6.14. The van der Waals surface area contributed by atoms with Crippen molar-refractivity contribution in [2.45, 2.75) is 38.4 Å². The second kappa shape index (κ2) is 8.35. The number of benzene rings is 1. The standard InChI is InChI=1S/C20H30FN3O2/c1-15-12-24(13-18(26-15)16-4-6-17(21)7-5-16)19(22-2)23-14-20(8-9-20)10-11-25-3/h4-7,15,18H,8-14H2,1-3H3,(H,22,23). The molecule has 0 bridgehead atoms. The van der Waals surface area contributed by atoms with Crippen LogP contribution in [0.5, 0.6) is 0 Å². The van der Waals surface area contributed by atoms with E-state index in [-0.39, 0.29) is 18.0 Å². The summed E-state index contributed by atoms with van der Waals surface area (Å²) in [5.74, 6) is 0.689. The summed E-state index contributed by atoms with van der Waals surface area (Å²) < 4.78 is 24.5. The minimum Gasteiger partial charge on any atom is -0.385 e. The zero-order valence-electron chi connectivity index (χ0n) is 16.0. The van der Waals surface area contributed by atoms with Crippen LogP contribution in [0.3, 0.4) is 0 Å². The first-order valence-electron chi connectivity index (χ1n) is 9.41. The molecule has 3 rings (SSSR count). The Morgan fingerprint density at radius 1 is 1.35 bits per heavy atom. The minimum absolute atomic E-state index is 0.0822. The number of guanidine groups is 1. The van der Waals surface area contributed by atoms with E-state index in [1.54, 1.807) is 19.2 Å². The van der Waals surface area contributed by atoms with Gasteiger partial charge in [-0.1, -0.05) is 12.1 Å². The van der Waals surface area contributed by atoms with Crippen LogP contribution in [0, 0.1) is 11.2 Å². The molecule has 0 radical (unpaired) electrons. The molecule has 1 saturated heterocycles. The lowest BCUT2D eigenvalue weighted by atomic mass is 10.0. The van der Waals surface area contributed by atoms with Gasteiger partial charge in [0, 0.05) is 33.9 Å². The van der Waals surface area contributed by atoms with Crippen LogP contribution in [0.15, 0.2) is 29.3 Å². The van der Waals surface area contributed by atoms with E-state index in [0.29, 0.717) is 12.0 Å². The number of nitrogens with zero attached hydrogens (tertiary/aromatic N) is 2. The summed E-state index contributed by atoms with van der Waals surface area (Å²) in [5, 5.41) is 3.56. The molecule has 6 heteroatoms. The third-order valence-electron chi connectivity index (χ3n) is 5.43. The minimum atomic E-state index is -0.224. The molecule has 2 fully saturated rings. The summed E-state index contributed by atoms with van der Waals surface area (Å²) >= 11 is 0. The molecule has 1 aliphatic heterocycles. The Labute approximate surface area is 155 Å².